The molecule has 0 amide bonds. The summed E-state index contributed by atoms with van der Waals surface area (Å²) in [5.41, 5.74) is 0.529. The summed E-state index contributed by atoms with van der Waals surface area (Å²) < 4.78 is 15.5. The minimum Gasteiger partial charge on any atom is -0.491 e. The Bertz CT molecular complexity index is 379. The van der Waals surface area contributed by atoms with E-state index in [0.717, 1.165) is 5.75 Å². The number of ether oxygens (including phenoxy) is 3. The Balaban J connectivity index is 1.89. The molecule has 1 heterocycles. The lowest BCUT2D eigenvalue weighted by atomic mass is 10.2. The molecule has 0 saturated carbocycles. The molecule has 0 aliphatic carbocycles. The highest BCUT2D eigenvalue weighted by Gasteiger charge is 2.24. The summed E-state index contributed by atoms with van der Waals surface area (Å²) in [6.45, 7) is 4.94. The molecule has 0 N–H and O–H groups in total. The zero-order valence-corrected chi connectivity index (χ0v) is 10.0. The van der Waals surface area contributed by atoms with Crippen molar-refractivity contribution in [2.24, 2.45) is 0 Å². The van der Waals surface area contributed by atoms with Crippen molar-refractivity contribution in [3.05, 3.63) is 29.8 Å². The van der Waals surface area contributed by atoms with Crippen LogP contribution in [-0.4, -0.2) is 31.4 Å². The van der Waals surface area contributed by atoms with Crippen LogP contribution in [0.1, 0.15) is 24.2 Å². The lowest BCUT2D eigenvalue weighted by Gasteiger charge is -2.09. The number of hydrogen-bond acceptors (Lipinski definition) is 4. The second kappa shape index (κ2) is 5.19. The summed E-state index contributed by atoms with van der Waals surface area (Å²) in [6.07, 6.45) is 0.224. The maximum absolute atomic E-state index is 11.6. The molecule has 0 spiro atoms. The molecule has 92 valence electrons. The normalized spacial score (nSPS) is 17.9. The minimum atomic E-state index is -0.323. The fourth-order valence-corrected chi connectivity index (χ4v) is 1.36. The zero-order chi connectivity index (χ0) is 12.3. The number of carbonyl (C=O) groups is 1. The number of hydrogen-bond donors (Lipinski definition) is 0. The van der Waals surface area contributed by atoms with Crippen LogP contribution in [0.5, 0.6) is 5.75 Å². The van der Waals surface area contributed by atoms with Gasteiger partial charge in [0.1, 0.15) is 18.5 Å². The van der Waals surface area contributed by atoms with E-state index in [4.69, 9.17) is 14.2 Å². The first-order chi connectivity index (χ1) is 8.15. The average molecular weight is 236 g/mol. The van der Waals surface area contributed by atoms with E-state index < -0.39 is 0 Å². The van der Waals surface area contributed by atoms with Crippen molar-refractivity contribution in [2.45, 2.75) is 26.1 Å². The Hall–Kier alpha value is -1.55. The van der Waals surface area contributed by atoms with Gasteiger partial charge in [0, 0.05) is 0 Å². The van der Waals surface area contributed by atoms with Gasteiger partial charge in [-0.25, -0.2) is 4.79 Å². The van der Waals surface area contributed by atoms with Crippen molar-refractivity contribution in [3.63, 3.8) is 0 Å². The first-order valence-electron chi connectivity index (χ1n) is 5.70. The summed E-state index contributed by atoms with van der Waals surface area (Å²) in [5, 5.41) is 0. The van der Waals surface area contributed by atoms with Crippen LogP contribution < -0.4 is 4.74 Å². The Morgan fingerprint density at radius 2 is 2.06 bits per heavy atom. The quantitative estimate of drug-likeness (QED) is 0.579. The Morgan fingerprint density at radius 3 is 2.59 bits per heavy atom. The highest BCUT2D eigenvalue weighted by Crippen LogP contribution is 2.15. The van der Waals surface area contributed by atoms with Gasteiger partial charge in [-0.2, -0.15) is 0 Å². The summed E-state index contributed by atoms with van der Waals surface area (Å²) in [5.74, 6) is 0.429. The standard InChI is InChI=1S/C13H16O4/c1-9(2)17-11-5-3-10(4-6-11)13(14)16-8-12-7-15-12/h3-6,9,12H,7-8H2,1-2H3. The molecule has 1 aromatic carbocycles. The van der Waals surface area contributed by atoms with E-state index in [1.165, 1.54) is 0 Å². The molecular formula is C13H16O4. The van der Waals surface area contributed by atoms with E-state index in [-0.39, 0.29) is 18.2 Å². The van der Waals surface area contributed by atoms with Gasteiger partial charge in [0.05, 0.1) is 18.3 Å². The second-order valence-corrected chi connectivity index (χ2v) is 4.24. The Labute approximate surface area is 100 Å². The molecule has 0 aromatic heterocycles. The highest BCUT2D eigenvalue weighted by atomic mass is 16.6. The van der Waals surface area contributed by atoms with Gasteiger partial charge >= 0.3 is 5.97 Å². The third-order valence-corrected chi connectivity index (χ3v) is 2.26. The minimum absolute atomic E-state index is 0.0995. The van der Waals surface area contributed by atoms with Gasteiger partial charge < -0.3 is 14.2 Å². The van der Waals surface area contributed by atoms with Gasteiger partial charge in [0.25, 0.3) is 0 Å². The van der Waals surface area contributed by atoms with Crippen molar-refractivity contribution in [2.75, 3.05) is 13.2 Å². The Kier molecular flexibility index (Phi) is 3.64. The molecule has 4 heteroatoms. The number of rotatable bonds is 5. The summed E-state index contributed by atoms with van der Waals surface area (Å²) in [4.78, 5) is 11.6. The molecule has 1 aliphatic heterocycles. The smallest absolute Gasteiger partial charge is 0.338 e. The molecule has 1 fully saturated rings. The van der Waals surface area contributed by atoms with Crippen molar-refractivity contribution in [3.8, 4) is 5.75 Å². The Morgan fingerprint density at radius 1 is 1.41 bits per heavy atom. The molecule has 1 saturated heterocycles. The van der Waals surface area contributed by atoms with Gasteiger partial charge in [-0.1, -0.05) is 0 Å². The van der Waals surface area contributed by atoms with Gasteiger partial charge in [-0.15, -0.1) is 0 Å². The number of epoxide rings is 1. The largest absolute Gasteiger partial charge is 0.491 e. The molecule has 1 unspecified atom stereocenters. The third-order valence-electron chi connectivity index (χ3n) is 2.26. The van der Waals surface area contributed by atoms with Crippen LogP contribution in [0.2, 0.25) is 0 Å². The second-order valence-electron chi connectivity index (χ2n) is 4.24. The first kappa shape index (κ1) is 11.9. The fraction of sp³-hybridized carbons (Fsp3) is 0.462. The van der Waals surface area contributed by atoms with Crippen LogP contribution in [0.15, 0.2) is 24.3 Å². The van der Waals surface area contributed by atoms with Gasteiger partial charge in [-0.3, -0.25) is 0 Å². The first-order valence-corrected chi connectivity index (χ1v) is 5.70. The van der Waals surface area contributed by atoms with Crippen LogP contribution in [0.3, 0.4) is 0 Å². The summed E-state index contributed by atoms with van der Waals surface area (Å²) in [6, 6.07) is 6.94. The molecule has 0 bridgehead atoms. The van der Waals surface area contributed by atoms with E-state index >= 15 is 0 Å². The van der Waals surface area contributed by atoms with Gasteiger partial charge in [0.2, 0.25) is 0 Å². The molecule has 1 atom stereocenters. The average Bonchev–Trinajstić information content (AvgIpc) is 3.10. The third kappa shape index (κ3) is 3.75. The maximum atomic E-state index is 11.6. The summed E-state index contributed by atoms with van der Waals surface area (Å²) >= 11 is 0. The zero-order valence-electron chi connectivity index (χ0n) is 10.0. The highest BCUT2D eigenvalue weighted by molar-refractivity contribution is 5.89. The van der Waals surface area contributed by atoms with E-state index in [0.29, 0.717) is 18.8 Å². The predicted molar refractivity (Wildman–Crippen MR) is 62.2 cm³/mol. The molecule has 0 radical (unpaired) electrons. The number of benzene rings is 1. The van der Waals surface area contributed by atoms with Crippen LogP contribution in [0.25, 0.3) is 0 Å². The molecule has 4 nitrogen and oxygen atoms in total. The molecule has 1 aromatic rings. The summed E-state index contributed by atoms with van der Waals surface area (Å²) in [7, 11) is 0. The lowest BCUT2D eigenvalue weighted by Crippen LogP contribution is -2.10. The van der Waals surface area contributed by atoms with Crippen LogP contribution in [0.4, 0.5) is 0 Å². The van der Waals surface area contributed by atoms with E-state index in [1.807, 2.05) is 13.8 Å². The van der Waals surface area contributed by atoms with Gasteiger partial charge in [-0.05, 0) is 38.1 Å². The van der Waals surface area contributed by atoms with Crippen molar-refractivity contribution in [1.29, 1.82) is 0 Å². The van der Waals surface area contributed by atoms with Crippen molar-refractivity contribution >= 4 is 5.97 Å². The van der Waals surface area contributed by atoms with Gasteiger partial charge in [0.15, 0.2) is 0 Å². The fourth-order valence-electron chi connectivity index (χ4n) is 1.36. The molecule has 2 rings (SSSR count). The van der Waals surface area contributed by atoms with Crippen molar-refractivity contribution < 1.29 is 19.0 Å². The monoisotopic (exact) mass is 236 g/mol. The number of carbonyl (C=O) groups excluding carboxylic acids is 1. The molecule has 1 aliphatic rings. The van der Waals surface area contributed by atoms with Crippen LogP contribution >= 0.6 is 0 Å². The molecular weight excluding hydrogens is 220 g/mol. The maximum Gasteiger partial charge on any atom is 0.338 e. The van der Waals surface area contributed by atoms with Crippen molar-refractivity contribution in [1.82, 2.24) is 0 Å². The van der Waals surface area contributed by atoms with E-state index in [2.05, 4.69) is 0 Å². The SMILES string of the molecule is CC(C)Oc1ccc(C(=O)OCC2CO2)cc1. The van der Waals surface area contributed by atoms with Crippen LogP contribution in [0, 0.1) is 0 Å². The predicted octanol–water partition coefficient (Wildman–Crippen LogP) is 2.03. The van der Waals surface area contributed by atoms with E-state index in [1.54, 1.807) is 24.3 Å². The van der Waals surface area contributed by atoms with E-state index in [9.17, 15) is 4.79 Å². The topological polar surface area (TPSA) is 48.1 Å². The lowest BCUT2D eigenvalue weighted by molar-refractivity contribution is 0.0476. The molecule has 17 heavy (non-hydrogen) atoms. The number of esters is 1. The van der Waals surface area contributed by atoms with Crippen LogP contribution in [-0.2, 0) is 9.47 Å².